The number of nitrogens with one attached hydrogen (secondary N) is 1. The Morgan fingerprint density at radius 1 is 1.05 bits per heavy atom. The Morgan fingerprint density at radius 2 is 1.76 bits per heavy atom. The van der Waals surface area contributed by atoms with Crippen LogP contribution >= 0.6 is 0 Å². The summed E-state index contributed by atoms with van der Waals surface area (Å²) in [6.07, 6.45) is 9.03. The minimum atomic E-state index is -0.854. The fraction of sp³-hybridized carbons (Fsp3) is 0.594. The average Bonchev–Trinajstić information content (AvgIpc) is 3.01. The predicted molar refractivity (Wildman–Crippen MR) is 155 cm³/mol. The van der Waals surface area contributed by atoms with E-state index in [0.29, 0.717) is 50.7 Å². The first-order valence-corrected chi connectivity index (χ1v) is 15.3. The minimum absolute atomic E-state index is 0.00728. The van der Waals surface area contributed by atoms with E-state index in [4.69, 9.17) is 4.74 Å². The lowest BCUT2D eigenvalue weighted by Gasteiger charge is -2.52. The van der Waals surface area contributed by atoms with Crippen molar-refractivity contribution in [3.8, 4) is 11.6 Å². The molecule has 2 saturated heterocycles. The molecule has 0 bridgehead atoms. The highest BCUT2D eigenvalue weighted by molar-refractivity contribution is 6.00. The zero-order valence-electron chi connectivity index (χ0n) is 24.1. The van der Waals surface area contributed by atoms with Crippen LogP contribution in [0.5, 0.6) is 11.6 Å². The number of amides is 2. The highest BCUT2D eigenvalue weighted by Crippen LogP contribution is 2.36. The summed E-state index contributed by atoms with van der Waals surface area (Å²) < 4.78 is 5.82. The Hall–Kier alpha value is -3.01. The molecule has 3 N–H and O–H groups in total. The number of hydrogen-bond donors (Lipinski definition) is 3. The maximum atomic E-state index is 13.8. The monoisotopic (exact) mass is 564 g/mol. The number of pyridine rings is 1. The van der Waals surface area contributed by atoms with Gasteiger partial charge in [0.15, 0.2) is 0 Å². The van der Waals surface area contributed by atoms with Gasteiger partial charge in [-0.3, -0.25) is 14.5 Å². The lowest BCUT2D eigenvalue weighted by molar-refractivity contribution is -0.166. The fourth-order valence-electron chi connectivity index (χ4n) is 6.64. The van der Waals surface area contributed by atoms with Crippen molar-refractivity contribution in [3.63, 3.8) is 0 Å². The van der Waals surface area contributed by atoms with Crippen LogP contribution in [0.4, 0.5) is 0 Å². The van der Waals surface area contributed by atoms with Gasteiger partial charge in [-0.1, -0.05) is 50.8 Å². The van der Waals surface area contributed by atoms with Crippen molar-refractivity contribution in [2.45, 2.75) is 95.5 Å². The van der Waals surface area contributed by atoms with Crippen LogP contribution in [0.2, 0.25) is 0 Å². The Balaban J connectivity index is 1.20. The molecule has 1 spiro atoms. The standard InChI is InChI=1S/C32H44N4O5/c1-2-3-17-36-30(39)28(29(38)25-7-5-4-6-8-25)34-31(40)32(36)15-18-35(19-16-32)21-24-11-14-27(33-20-24)41-26-12-9-23(22-37)10-13-26/h9-14,20,25,28-29,37-38H,2-8,15-19,21-22H2,1H3,(H,34,40)/t28-,29-/m1/s1. The smallest absolute Gasteiger partial charge is 0.248 e. The number of carbonyl (C=O) groups is 2. The topological polar surface area (TPSA) is 115 Å². The van der Waals surface area contributed by atoms with E-state index in [9.17, 15) is 19.8 Å². The quantitative estimate of drug-likeness (QED) is 0.402. The molecule has 2 aromatic rings. The van der Waals surface area contributed by atoms with Crippen molar-refractivity contribution >= 4 is 11.8 Å². The number of benzene rings is 1. The third-order valence-electron chi connectivity index (χ3n) is 9.18. The number of piperazine rings is 1. The van der Waals surface area contributed by atoms with Crippen molar-refractivity contribution < 1.29 is 24.5 Å². The Kier molecular flexibility index (Phi) is 9.57. The average molecular weight is 565 g/mol. The van der Waals surface area contributed by atoms with Crippen LogP contribution in [0.3, 0.4) is 0 Å². The van der Waals surface area contributed by atoms with Crippen molar-refractivity contribution in [1.82, 2.24) is 20.1 Å². The number of piperidine rings is 1. The van der Waals surface area contributed by atoms with Gasteiger partial charge in [-0.25, -0.2) is 4.98 Å². The number of aliphatic hydroxyl groups is 2. The lowest BCUT2D eigenvalue weighted by atomic mass is 9.78. The molecule has 222 valence electrons. The summed E-state index contributed by atoms with van der Waals surface area (Å²) in [6.45, 7) is 4.71. The molecule has 9 nitrogen and oxygen atoms in total. The van der Waals surface area contributed by atoms with E-state index in [1.807, 2.05) is 35.4 Å². The van der Waals surface area contributed by atoms with Gasteiger partial charge in [-0.05, 0) is 61.3 Å². The number of likely N-dealkylation sites (tertiary alicyclic amines) is 1. The molecule has 3 fully saturated rings. The van der Waals surface area contributed by atoms with E-state index < -0.39 is 17.7 Å². The summed E-state index contributed by atoms with van der Waals surface area (Å²) in [5.74, 6) is 1.000. The fourth-order valence-corrected chi connectivity index (χ4v) is 6.64. The molecular weight excluding hydrogens is 520 g/mol. The van der Waals surface area contributed by atoms with Gasteiger partial charge in [0.05, 0.1) is 12.7 Å². The van der Waals surface area contributed by atoms with Gasteiger partial charge in [0, 0.05) is 38.4 Å². The summed E-state index contributed by atoms with van der Waals surface area (Å²) in [4.78, 5) is 36.1. The summed E-state index contributed by atoms with van der Waals surface area (Å²) in [5.41, 5.74) is 1.02. The van der Waals surface area contributed by atoms with Crippen LogP contribution in [0.15, 0.2) is 42.6 Å². The summed E-state index contributed by atoms with van der Waals surface area (Å²) in [6, 6.07) is 10.2. The van der Waals surface area contributed by atoms with E-state index in [1.165, 1.54) is 6.42 Å². The van der Waals surface area contributed by atoms with Gasteiger partial charge >= 0.3 is 0 Å². The van der Waals surface area contributed by atoms with Crippen molar-refractivity contribution in [1.29, 1.82) is 0 Å². The second-order valence-corrected chi connectivity index (χ2v) is 11.9. The Labute approximate surface area is 242 Å². The van der Waals surface area contributed by atoms with Crippen LogP contribution < -0.4 is 10.1 Å². The molecule has 0 unspecified atom stereocenters. The molecule has 3 heterocycles. The van der Waals surface area contributed by atoms with E-state index in [0.717, 1.165) is 49.7 Å². The Morgan fingerprint density at radius 3 is 2.39 bits per heavy atom. The third kappa shape index (κ3) is 6.58. The van der Waals surface area contributed by atoms with Gasteiger partial charge in [0.25, 0.3) is 0 Å². The molecule has 1 aromatic carbocycles. The second-order valence-electron chi connectivity index (χ2n) is 11.9. The number of ether oxygens (including phenoxy) is 1. The molecule has 2 aliphatic heterocycles. The van der Waals surface area contributed by atoms with Gasteiger partial charge in [-0.2, -0.15) is 0 Å². The molecule has 1 saturated carbocycles. The normalized spacial score (nSPS) is 22.5. The SMILES string of the molecule is CCCCN1C(=O)[C@@H]([C@H](O)C2CCCCC2)NC(=O)C12CCN(Cc1ccc(Oc3ccc(CO)cc3)nc1)CC2. The molecule has 2 atom stereocenters. The van der Waals surface area contributed by atoms with Crippen molar-refractivity contribution in [3.05, 3.63) is 53.7 Å². The number of carbonyl (C=O) groups excluding carboxylic acids is 2. The first kappa shape index (κ1) is 29.5. The van der Waals surface area contributed by atoms with Crippen LogP contribution in [-0.2, 0) is 22.7 Å². The summed E-state index contributed by atoms with van der Waals surface area (Å²) in [7, 11) is 0. The number of rotatable bonds is 10. The predicted octanol–water partition coefficient (Wildman–Crippen LogP) is 3.77. The summed E-state index contributed by atoms with van der Waals surface area (Å²) >= 11 is 0. The van der Waals surface area contributed by atoms with Crippen LogP contribution in [-0.4, -0.2) is 74.1 Å². The van der Waals surface area contributed by atoms with E-state index in [-0.39, 0.29) is 24.3 Å². The highest BCUT2D eigenvalue weighted by atomic mass is 16.5. The minimum Gasteiger partial charge on any atom is -0.439 e. The second kappa shape index (κ2) is 13.3. The number of aromatic nitrogens is 1. The molecule has 1 aliphatic carbocycles. The number of hydrogen-bond acceptors (Lipinski definition) is 7. The number of aliphatic hydroxyl groups excluding tert-OH is 2. The van der Waals surface area contributed by atoms with Gasteiger partial charge < -0.3 is 25.2 Å². The van der Waals surface area contributed by atoms with Crippen LogP contribution in [0.25, 0.3) is 0 Å². The lowest BCUT2D eigenvalue weighted by Crippen LogP contribution is -2.75. The number of unbranched alkanes of at least 4 members (excludes halogenated alkanes) is 1. The molecule has 0 radical (unpaired) electrons. The van der Waals surface area contributed by atoms with Crippen LogP contribution in [0, 0.1) is 5.92 Å². The first-order chi connectivity index (χ1) is 19.9. The summed E-state index contributed by atoms with van der Waals surface area (Å²) in [5, 5.41) is 23.3. The third-order valence-corrected chi connectivity index (χ3v) is 9.18. The highest BCUT2D eigenvalue weighted by Gasteiger charge is 2.55. The molecule has 3 aliphatic rings. The molecule has 2 amide bonds. The van der Waals surface area contributed by atoms with Crippen LogP contribution in [0.1, 0.15) is 75.8 Å². The van der Waals surface area contributed by atoms with Gasteiger partial charge in [-0.15, -0.1) is 0 Å². The van der Waals surface area contributed by atoms with E-state index in [2.05, 4.69) is 22.1 Å². The molecular formula is C32H44N4O5. The van der Waals surface area contributed by atoms with Crippen molar-refractivity contribution in [2.24, 2.45) is 5.92 Å². The maximum Gasteiger partial charge on any atom is 0.248 e. The largest absolute Gasteiger partial charge is 0.439 e. The zero-order valence-corrected chi connectivity index (χ0v) is 24.1. The van der Waals surface area contributed by atoms with Gasteiger partial charge in [0.2, 0.25) is 17.7 Å². The van der Waals surface area contributed by atoms with E-state index >= 15 is 0 Å². The first-order valence-electron chi connectivity index (χ1n) is 15.3. The van der Waals surface area contributed by atoms with E-state index in [1.54, 1.807) is 12.1 Å². The molecule has 41 heavy (non-hydrogen) atoms. The maximum absolute atomic E-state index is 13.8. The van der Waals surface area contributed by atoms with Gasteiger partial charge in [0.1, 0.15) is 17.3 Å². The van der Waals surface area contributed by atoms with Crippen molar-refractivity contribution in [2.75, 3.05) is 19.6 Å². The zero-order chi connectivity index (χ0) is 28.8. The molecule has 5 rings (SSSR count). The number of nitrogens with zero attached hydrogens (tertiary/aromatic N) is 3. The molecule has 9 heteroatoms. The Bertz CT molecular complexity index is 1160. The molecule has 1 aromatic heterocycles.